The summed E-state index contributed by atoms with van der Waals surface area (Å²) < 4.78 is 17.4. The van der Waals surface area contributed by atoms with E-state index in [-0.39, 0.29) is 17.4 Å². The Labute approximate surface area is 248 Å². The molecule has 3 aromatic carbocycles. The zero-order chi connectivity index (χ0) is 30.2. The van der Waals surface area contributed by atoms with E-state index in [9.17, 15) is 14.7 Å². The maximum atomic E-state index is 13.5. The Kier molecular flexibility index (Phi) is 10.3. The van der Waals surface area contributed by atoms with Crippen molar-refractivity contribution in [2.24, 2.45) is 0 Å². The number of carbonyl (C=O) groups excluding carboxylic acids is 2. The molecule has 0 aliphatic carbocycles. The second-order valence-corrected chi connectivity index (χ2v) is 10.4. The summed E-state index contributed by atoms with van der Waals surface area (Å²) >= 11 is 0. The molecule has 0 bridgehead atoms. The molecule has 1 N–H and O–H groups in total. The average Bonchev–Trinajstić information content (AvgIpc) is 3.25. The van der Waals surface area contributed by atoms with Gasteiger partial charge in [-0.2, -0.15) is 0 Å². The molecule has 0 saturated carbocycles. The lowest BCUT2D eigenvalue weighted by atomic mass is 9.95. The highest BCUT2D eigenvalue weighted by atomic mass is 16.5. The van der Waals surface area contributed by atoms with Gasteiger partial charge in [-0.25, -0.2) is 0 Å². The van der Waals surface area contributed by atoms with Crippen LogP contribution in [0.25, 0.3) is 5.76 Å². The number of ketones is 1. The molecule has 42 heavy (non-hydrogen) atoms. The normalized spacial score (nSPS) is 16.4. The van der Waals surface area contributed by atoms with Crippen LogP contribution >= 0.6 is 0 Å². The Morgan fingerprint density at radius 1 is 0.952 bits per heavy atom. The van der Waals surface area contributed by atoms with Crippen molar-refractivity contribution in [3.63, 3.8) is 0 Å². The second-order valence-electron chi connectivity index (χ2n) is 10.4. The summed E-state index contributed by atoms with van der Waals surface area (Å²) in [6.45, 7) is 10.9. The van der Waals surface area contributed by atoms with Gasteiger partial charge in [0.15, 0.2) is 11.5 Å². The van der Waals surface area contributed by atoms with Gasteiger partial charge in [-0.15, -0.1) is 0 Å². The second kappa shape index (κ2) is 14.0. The van der Waals surface area contributed by atoms with Crippen LogP contribution in [0.3, 0.4) is 0 Å². The van der Waals surface area contributed by atoms with Crippen molar-refractivity contribution in [2.45, 2.75) is 46.4 Å². The molecule has 0 aromatic heterocycles. The summed E-state index contributed by atoms with van der Waals surface area (Å²) in [6, 6.07) is 21.2. The molecule has 0 spiro atoms. The van der Waals surface area contributed by atoms with Crippen LogP contribution in [0, 0.1) is 0 Å². The van der Waals surface area contributed by atoms with E-state index >= 15 is 0 Å². The van der Waals surface area contributed by atoms with E-state index < -0.39 is 17.7 Å². The molecule has 1 atom stereocenters. The number of aliphatic hydroxyl groups is 1. The highest BCUT2D eigenvalue weighted by Gasteiger charge is 2.46. The summed E-state index contributed by atoms with van der Waals surface area (Å²) in [4.78, 5) is 30.6. The molecule has 1 aliphatic heterocycles. The SMILES string of the molecule is CCN(CC)CCN1C(=O)C(=O)/C(=C(/O)c2ccc(OC(C)C)cc2)C1c1ccc(OCc2ccccc2)c(OC)c1. The lowest BCUT2D eigenvalue weighted by Crippen LogP contribution is -2.38. The molecule has 1 heterocycles. The molecule has 4 rings (SSSR count). The fraction of sp³-hybridized carbons (Fsp3) is 0.353. The van der Waals surface area contributed by atoms with E-state index in [2.05, 4.69) is 18.7 Å². The molecule has 1 saturated heterocycles. The van der Waals surface area contributed by atoms with E-state index in [4.69, 9.17) is 14.2 Å². The first-order valence-electron chi connectivity index (χ1n) is 14.4. The number of ether oxygens (including phenoxy) is 3. The first kappa shape index (κ1) is 30.7. The number of benzene rings is 3. The van der Waals surface area contributed by atoms with Gasteiger partial charge in [0.2, 0.25) is 0 Å². The van der Waals surface area contributed by atoms with Gasteiger partial charge >= 0.3 is 0 Å². The topological polar surface area (TPSA) is 88.5 Å². The largest absolute Gasteiger partial charge is 0.507 e. The summed E-state index contributed by atoms with van der Waals surface area (Å²) in [7, 11) is 1.55. The maximum Gasteiger partial charge on any atom is 0.295 e. The number of rotatable bonds is 13. The highest BCUT2D eigenvalue weighted by molar-refractivity contribution is 6.46. The van der Waals surface area contributed by atoms with Crippen LogP contribution in [0.5, 0.6) is 17.2 Å². The van der Waals surface area contributed by atoms with Crippen molar-refractivity contribution in [3.05, 3.63) is 95.1 Å². The van der Waals surface area contributed by atoms with Gasteiger partial charge in [0.1, 0.15) is 18.1 Å². The van der Waals surface area contributed by atoms with E-state index in [0.717, 1.165) is 18.7 Å². The zero-order valence-corrected chi connectivity index (χ0v) is 25.0. The quantitative estimate of drug-likeness (QED) is 0.157. The van der Waals surface area contributed by atoms with Crippen molar-refractivity contribution >= 4 is 17.4 Å². The summed E-state index contributed by atoms with van der Waals surface area (Å²) in [6.07, 6.45) is -0.00444. The third-order valence-electron chi connectivity index (χ3n) is 7.33. The Morgan fingerprint density at radius 3 is 2.26 bits per heavy atom. The minimum atomic E-state index is -0.802. The predicted octanol–water partition coefficient (Wildman–Crippen LogP) is 5.82. The predicted molar refractivity (Wildman–Crippen MR) is 163 cm³/mol. The van der Waals surface area contributed by atoms with Crippen LogP contribution in [0.15, 0.2) is 78.4 Å². The Bertz CT molecular complexity index is 1400. The van der Waals surface area contributed by atoms with E-state index in [1.807, 2.05) is 50.2 Å². The first-order valence-corrected chi connectivity index (χ1v) is 14.4. The third kappa shape index (κ3) is 6.94. The highest BCUT2D eigenvalue weighted by Crippen LogP contribution is 2.42. The molecule has 1 fully saturated rings. The average molecular weight is 573 g/mol. The van der Waals surface area contributed by atoms with Gasteiger partial charge in [-0.1, -0.05) is 50.2 Å². The monoisotopic (exact) mass is 572 g/mol. The van der Waals surface area contributed by atoms with E-state index in [0.29, 0.717) is 48.1 Å². The summed E-state index contributed by atoms with van der Waals surface area (Å²) in [5, 5.41) is 11.5. The summed E-state index contributed by atoms with van der Waals surface area (Å²) in [5.41, 5.74) is 2.11. The van der Waals surface area contributed by atoms with Crippen molar-refractivity contribution < 1.29 is 28.9 Å². The number of hydrogen-bond donors (Lipinski definition) is 1. The van der Waals surface area contributed by atoms with E-state index in [1.54, 1.807) is 48.4 Å². The van der Waals surface area contributed by atoms with Crippen LogP contribution < -0.4 is 14.2 Å². The Morgan fingerprint density at radius 2 is 1.64 bits per heavy atom. The lowest BCUT2D eigenvalue weighted by Gasteiger charge is -2.28. The lowest BCUT2D eigenvalue weighted by molar-refractivity contribution is -0.140. The number of Topliss-reactive ketones (excluding diaryl/α,β-unsaturated/α-hetero) is 1. The smallest absolute Gasteiger partial charge is 0.295 e. The number of carbonyl (C=O) groups is 2. The Balaban J connectivity index is 1.74. The minimum Gasteiger partial charge on any atom is -0.507 e. The standard InChI is InChI=1S/C34H40N2O6/c1-6-35(7-2)19-20-36-31(26-15-18-28(29(21-26)40-5)41-22-24-11-9-8-10-12-24)30(33(38)34(36)39)32(37)25-13-16-27(17-14-25)42-23(3)4/h8-18,21,23,31,37H,6-7,19-20,22H2,1-5H3/b32-30+. The molecule has 1 unspecified atom stereocenters. The Hall–Kier alpha value is -4.30. The van der Waals surface area contributed by atoms with Gasteiger partial charge in [0.25, 0.3) is 11.7 Å². The van der Waals surface area contributed by atoms with E-state index in [1.165, 1.54) is 0 Å². The van der Waals surface area contributed by atoms with Crippen molar-refractivity contribution in [3.8, 4) is 17.2 Å². The van der Waals surface area contributed by atoms with Crippen LogP contribution in [0.1, 0.15) is 50.4 Å². The van der Waals surface area contributed by atoms with Gasteiger partial charge < -0.3 is 29.1 Å². The molecule has 3 aromatic rings. The number of amides is 1. The fourth-order valence-corrected chi connectivity index (χ4v) is 5.07. The fourth-order valence-electron chi connectivity index (χ4n) is 5.07. The van der Waals surface area contributed by atoms with Gasteiger partial charge in [-0.05, 0) is 74.5 Å². The summed E-state index contributed by atoms with van der Waals surface area (Å²) in [5.74, 6) is 0.0513. The number of methoxy groups -OCH3 is 1. The van der Waals surface area contributed by atoms with Gasteiger partial charge in [-0.3, -0.25) is 9.59 Å². The van der Waals surface area contributed by atoms with Crippen molar-refractivity contribution in [1.29, 1.82) is 0 Å². The van der Waals surface area contributed by atoms with Crippen molar-refractivity contribution in [2.75, 3.05) is 33.3 Å². The molecule has 1 aliphatic rings. The number of likely N-dealkylation sites (N-methyl/N-ethyl adjacent to an activating group) is 1. The third-order valence-corrected chi connectivity index (χ3v) is 7.33. The molecule has 8 nitrogen and oxygen atoms in total. The number of aliphatic hydroxyl groups excluding tert-OH is 1. The number of hydrogen-bond acceptors (Lipinski definition) is 7. The molecular formula is C34H40N2O6. The van der Waals surface area contributed by atoms with Crippen LogP contribution in [0.4, 0.5) is 0 Å². The first-order chi connectivity index (χ1) is 20.3. The van der Waals surface area contributed by atoms with Gasteiger partial charge in [0.05, 0.1) is 24.8 Å². The zero-order valence-electron chi connectivity index (χ0n) is 25.0. The molecule has 222 valence electrons. The molecule has 0 radical (unpaired) electrons. The number of nitrogens with zero attached hydrogens (tertiary/aromatic N) is 2. The molecule has 1 amide bonds. The minimum absolute atomic E-state index is 0.00444. The van der Waals surface area contributed by atoms with Gasteiger partial charge in [0, 0.05) is 18.7 Å². The van der Waals surface area contributed by atoms with Crippen LogP contribution in [0.2, 0.25) is 0 Å². The molecular weight excluding hydrogens is 532 g/mol. The molecule has 8 heteroatoms. The number of likely N-dealkylation sites (tertiary alicyclic amines) is 1. The van der Waals surface area contributed by atoms with Crippen molar-refractivity contribution in [1.82, 2.24) is 9.80 Å². The van der Waals surface area contributed by atoms with Crippen LogP contribution in [-0.4, -0.2) is 66.0 Å². The maximum absolute atomic E-state index is 13.5. The van der Waals surface area contributed by atoms with Crippen LogP contribution in [-0.2, 0) is 16.2 Å².